The molecule has 1 aliphatic heterocycles. The number of pyridine rings is 1. The molecule has 1 saturated heterocycles. The zero-order valence-corrected chi connectivity index (χ0v) is 15.9. The number of esters is 1. The van der Waals surface area contributed by atoms with Gasteiger partial charge >= 0.3 is 5.97 Å². The van der Waals surface area contributed by atoms with Gasteiger partial charge in [0.25, 0.3) is 0 Å². The SMILES string of the molecule is C=CCSc1ccnc(SCCC2OCCO2)c1/C=C/C(=O)OCC. The van der Waals surface area contributed by atoms with Gasteiger partial charge in [-0.15, -0.1) is 30.1 Å². The van der Waals surface area contributed by atoms with Crippen LogP contribution in [0.5, 0.6) is 0 Å². The van der Waals surface area contributed by atoms with E-state index < -0.39 is 0 Å². The molecule has 136 valence electrons. The van der Waals surface area contributed by atoms with E-state index in [-0.39, 0.29) is 12.3 Å². The lowest BCUT2D eigenvalue weighted by atomic mass is 10.2. The maximum atomic E-state index is 11.6. The number of aromatic nitrogens is 1. The molecule has 0 amide bonds. The Morgan fingerprint density at radius 2 is 2.24 bits per heavy atom. The van der Waals surface area contributed by atoms with Gasteiger partial charge in [0.05, 0.1) is 19.8 Å². The van der Waals surface area contributed by atoms with E-state index in [9.17, 15) is 4.79 Å². The Kier molecular flexibility index (Phi) is 9.10. The molecule has 7 heteroatoms. The van der Waals surface area contributed by atoms with Crippen molar-refractivity contribution in [1.82, 2.24) is 4.98 Å². The van der Waals surface area contributed by atoms with Gasteiger partial charge < -0.3 is 14.2 Å². The number of hydrogen-bond donors (Lipinski definition) is 0. The number of ether oxygens (including phenoxy) is 3. The second kappa shape index (κ2) is 11.4. The van der Waals surface area contributed by atoms with Crippen molar-refractivity contribution < 1.29 is 19.0 Å². The van der Waals surface area contributed by atoms with Crippen LogP contribution in [0.15, 0.2) is 40.9 Å². The second-order valence-electron chi connectivity index (χ2n) is 5.02. The molecule has 25 heavy (non-hydrogen) atoms. The molecule has 0 aromatic carbocycles. The van der Waals surface area contributed by atoms with Gasteiger partial charge in [-0.05, 0) is 19.1 Å². The summed E-state index contributed by atoms with van der Waals surface area (Å²) in [7, 11) is 0. The standard InChI is InChI=1S/C18H23NO4S2/c1-3-12-24-15-7-9-19-18(14(15)5-6-16(20)21-4-2)25-13-8-17-22-10-11-23-17/h3,5-7,9,17H,1,4,8,10-13H2,2H3/b6-5+. The molecule has 1 aliphatic rings. The summed E-state index contributed by atoms with van der Waals surface area (Å²) in [4.78, 5) is 17.2. The molecule has 1 aromatic rings. The minimum absolute atomic E-state index is 0.121. The molecular weight excluding hydrogens is 358 g/mol. The molecule has 0 unspecified atom stereocenters. The summed E-state index contributed by atoms with van der Waals surface area (Å²) in [6.45, 7) is 7.23. The Morgan fingerprint density at radius 1 is 1.44 bits per heavy atom. The molecule has 1 aromatic heterocycles. The lowest BCUT2D eigenvalue weighted by Crippen LogP contribution is -2.08. The fraction of sp³-hybridized carbons (Fsp3) is 0.444. The van der Waals surface area contributed by atoms with Crippen LogP contribution in [0.4, 0.5) is 0 Å². The van der Waals surface area contributed by atoms with E-state index in [4.69, 9.17) is 14.2 Å². The van der Waals surface area contributed by atoms with E-state index in [0.29, 0.717) is 19.8 Å². The predicted octanol–water partition coefficient (Wildman–Crippen LogP) is 3.79. The van der Waals surface area contributed by atoms with Crippen LogP contribution in [0.1, 0.15) is 18.9 Å². The highest BCUT2D eigenvalue weighted by Crippen LogP contribution is 2.31. The van der Waals surface area contributed by atoms with Gasteiger partial charge in [0.2, 0.25) is 0 Å². The van der Waals surface area contributed by atoms with E-state index in [1.54, 1.807) is 42.7 Å². The quantitative estimate of drug-likeness (QED) is 0.264. The first-order valence-corrected chi connectivity index (χ1v) is 10.1. The molecular formula is C18H23NO4S2. The third-order valence-electron chi connectivity index (χ3n) is 3.23. The molecule has 0 aliphatic carbocycles. The number of rotatable bonds is 10. The highest BCUT2D eigenvalue weighted by Gasteiger charge is 2.16. The summed E-state index contributed by atoms with van der Waals surface area (Å²) in [5.74, 6) is 1.26. The molecule has 0 radical (unpaired) electrons. The summed E-state index contributed by atoms with van der Waals surface area (Å²) in [6, 6.07) is 1.95. The Bertz CT molecular complexity index is 601. The van der Waals surface area contributed by atoms with Crippen molar-refractivity contribution in [2.24, 2.45) is 0 Å². The Labute approximate surface area is 157 Å². The van der Waals surface area contributed by atoms with E-state index >= 15 is 0 Å². The van der Waals surface area contributed by atoms with Crippen molar-refractivity contribution in [3.8, 4) is 0 Å². The largest absolute Gasteiger partial charge is 0.463 e. The van der Waals surface area contributed by atoms with Gasteiger partial charge in [-0.1, -0.05) is 6.08 Å². The fourth-order valence-corrected chi connectivity index (χ4v) is 3.96. The van der Waals surface area contributed by atoms with Gasteiger partial charge in [-0.3, -0.25) is 0 Å². The zero-order chi connectivity index (χ0) is 17.9. The first-order valence-electron chi connectivity index (χ1n) is 8.18. The topological polar surface area (TPSA) is 57.7 Å². The van der Waals surface area contributed by atoms with Crippen LogP contribution in [0.3, 0.4) is 0 Å². The molecule has 0 spiro atoms. The lowest BCUT2D eigenvalue weighted by Gasteiger charge is -2.11. The normalized spacial score (nSPS) is 14.9. The third-order valence-corrected chi connectivity index (χ3v) is 5.33. The highest BCUT2D eigenvalue weighted by molar-refractivity contribution is 8.00. The first kappa shape index (κ1) is 20.0. The molecule has 0 atom stereocenters. The maximum absolute atomic E-state index is 11.6. The average molecular weight is 382 g/mol. The summed E-state index contributed by atoms with van der Waals surface area (Å²) in [6.07, 6.45) is 7.55. The summed E-state index contributed by atoms with van der Waals surface area (Å²) in [5, 5.41) is 0.882. The summed E-state index contributed by atoms with van der Waals surface area (Å²) in [5.41, 5.74) is 0.931. The van der Waals surface area contributed by atoms with Crippen molar-refractivity contribution in [1.29, 1.82) is 0 Å². The highest BCUT2D eigenvalue weighted by atomic mass is 32.2. The predicted molar refractivity (Wildman–Crippen MR) is 102 cm³/mol. The van der Waals surface area contributed by atoms with Crippen molar-refractivity contribution in [2.45, 2.75) is 29.6 Å². The van der Waals surface area contributed by atoms with Gasteiger partial charge in [0.1, 0.15) is 5.03 Å². The number of hydrogen-bond acceptors (Lipinski definition) is 7. The average Bonchev–Trinajstić information content (AvgIpc) is 3.12. The minimum atomic E-state index is -0.352. The van der Waals surface area contributed by atoms with Crippen LogP contribution >= 0.6 is 23.5 Å². The summed E-state index contributed by atoms with van der Waals surface area (Å²) >= 11 is 3.29. The van der Waals surface area contributed by atoms with Crippen LogP contribution in [0, 0.1) is 0 Å². The minimum Gasteiger partial charge on any atom is -0.463 e. The van der Waals surface area contributed by atoms with E-state index in [2.05, 4.69) is 11.6 Å². The molecule has 0 bridgehead atoms. The molecule has 0 saturated carbocycles. The lowest BCUT2D eigenvalue weighted by molar-refractivity contribution is -0.137. The Balaban J connectivity index is 2.08. The smallest absolute Gasteiger partial charge is 0.330 e. The Hall–Kier alpha value is -1.28. The monoisotopic (exact) mass is 381 g/mol. The molecule has 1 fully saturated rings. The fourth-order valence-electron chi connectivity index (χ4n) is 2.15. The molecule has 2 heterocycles. The van der Waals surface area contributed by atoms with Crippen molar-refractivity contribution in [3.05, 3.63) is 36.6 Å². The van der Waals surface area contributed by atoms with Gasteiger partial charge in [-0.25, -0.2) is 9.78 Å². The number of carbonyl (C=O) groups is 1. The zero-order valence-electron chi connectivity index (χ0n) is 14.3. The second-order valence-corrected chi connectivity index (χ2v) is 7.17. The van der Waals surface area contributed by atoms with Crippen molar-refractivity contribution >= 4 is 35.6 Å². The Morgan fingerprint density at radius 3 is 2.96 bits per heavy atom. The van der Waals surface area contributed by atoms with E-state index in [1.165, 1.54) is 6.08 Å². The number of thioether (sulfide) groups is 2. The summed E-state index contributed by atoms with van der Waals surface area (Å²) < 4.78 is 15.9. The van der Waals surface area contributed by atoms with Crippen LogP contribution in [-0.4, -0.2) is 48.6 Å². The van der Waals surface area contributed by atoms with Crippen LogP contribution in [0.25, 0.3) is 6.08 Å². The van der Waals surface area contributed by atoms with Gasteiger partial charge in [-0.2, -0.15) is 0 Å². The van der Waals surface area contributed by atoms with Gasteiger partial charge in [0, 0.05) is 40.7 Å². The van der Waals surface area contributed by atoms with E-state index in [1.807, 2.05) is 12.1 Å². The molecule has 5 nitrogen and oxygen atoms in total. The van der Waals surface area contributed by atoms with Gasteiger partial charge in [0.15, 0.2) is 6.29 Å². The number of nitrogens with zero attached hydrogens (tertiary/aromatic N) is 1. The van der Waals surface area contributed by atoms with Crippen molar-refractivity contribution in [3.63, 3.8) is 0 Å². The number of carbonyl (C=O) groups excluding carboxylic acids is 1. The third kappa shape index (κ3) is 6.86. The molecule has 2 rings (SSSR count). The van der Waals surface area contributed by atoms with Crippen molar-refractivity contribution in [2.75, 3.05) is 31.3 Å². The van der Waals surface area contributed by atoms with E-state index in [0.717, 1.165) is 33.4 Å². The first-order chi connectivity index (χ1) is 12.2. The van der Waals surface area contributed by atoms with Crippen LogP contribution in [0.2, 0.25) is 0 Å². The van der Waals surface area contributed by atoms with Crippen LogP contribution in [-0.2, 0) is 19.0 Å². The molecule has 0 N–H and O–H groups in total. The maximum Gasteiger partial charge on any atom is 0.330 e. The van der Waals surface area contributed by atoms with Crippen LogP contribution < -0.4 is 0 Å².